The largest absolute Gasteiger partial charge is 0.417 e. The van der Waals surface area contributed by atoms with Crippen LogP contribution in [0.25, 0.3) is 11.1 Å². The van der Waals surface area contributed by atoms with E-state index in [1.54, 1.807) is 18.2 Å². The molecule has 1 atom stereocenters. The van der Waals surface area contributed by atoms with Crippen molar-refractivity contribution in [2.75, 3.05) is 19.7 Å². The van der Waals surface area contributed by atoms with E-state index in [1.807, 2.05) is 0 Å². The first kappa shape index (κ1) is 11.2. The van der Waals surface area contributed by atoms with Crippen molar-refractivity contribution in [1.82, 2.24) is 10.3 Å². The Kier molecular flexibility index (Phi) is 2.73. The summed E-state index contributed by atoms with van der Waals surface area (Å²) in [4.78, 5) is 25.7. The van der Waals surface area contributed by atoms with E-state index in [1.165, 1.54) is 0 Å². The Hall–Kier alpha value is -1.92. The molecule has 0 saturated carbocycles. The average Bonchev–Trinajstić information content (AvgIpc) is 2.78. The Labute approximate surface area is 102 Å². The molecule has 94 valence electrons. The van der Waals surface area contributed by atoms with E-state index in [4.69, 9.17) is 9.15 Å². The van der Waals surface area contributed by atoms with Crippen molar-refractivity contribution in [2.45, 2.75) is 6.10 Å². The van der Waals surface area contributed by atoms with Crippen LogP contribution in [0.1, 0.15) is 10.4 Å². The van der Waals surface area contributed by atoms with Gasteiger partial charge >= 0.3 is 5.76 Å². The summed E-state index contributed by atoms with van der Waals surface area (Å²) >= 11 is 0. The number of ketones is 1. The van der Waals surface area contributed by atoms with Gasteiger partial charge in [-0.1, -0.05) is 0 Å². The lowest BCUT2D eigenvalue weighted by Gasteiger charge is -2.22. The summed E-state index contributed by atoms with van der Waals surface area (Å²) in [5.74, 6) is -0.627. The van der Waals surface area contributed by atoms with Crippen molar-refractivity contribution >= 4 is 16.9 Å². The topological polar surface area (TPSA) is 84.3 Å². The minimum Gasteiger partial charge on any atom is -0.408 e. The molecule has 1 aromatic heterocycles. The second kappa shape index (κ2) is 4.40. The Balaban J connectivity index is 1.92. The van der Waals surface area contributed by atoms with E-state index in [2.05, 4.69) is 10.3 Å². The van der Waals surface area contributed by atoms with Gasteiger partial charge in [0.1, 0.15) is 6.10 Å². The lowest BCUT2D eigenvalue weighted by Crippen LogP contribution is -2.43. The maximum atomic E-state index is 12.2. The van der Waals surface area contributed by atoms with Crippen LogP contribution < -0.4 is 11.1 Å². The zero-order valence-corrected chi connectivity index (χ0v) is 9.56. The molecule has 0 bridgehead atoms. The van der Waals surface area contributed by atoms with Gasteiger partial charge in [0.05, 0.1) is 12.1 Å². The molecule has 0 aliphatic carbocycles. The molecule has 1 aliphatic rings. The molecule has 2 N–H and O–H groups in total. The Morgan fingerprint density at radius 2 is 2.28 bits per heavy atom. The summed E-state index contributed by atoms with van der Waals surface area (Å²) in [7, 11) is 0. The summed E-state index contributed by atoms with van der Waals surface area (Å²) in [6, 6.07) is 4.88. The maximum Gasteiger partial charge on any atom is 0.417 e. The number of ether oxygens (including phenoxy) is 1. The molecule has 0 amide bonds. The second-order valence-electron chi connectivity index (χ2n) is 4.15. The van der Waals surface area contributed by atoms with Crippen LogP contribution in [0.3, 0.4) is 0 Å². The molecule has 0 spiro atoms. The SMILES string of the molecule is O=C(c1ccc2[nH]c(=O)oc2c1)C1CNCCO1. The number of hydrogen-bond acceptors (Lipinski definition) is 5. The average molecular weight is 248 g/mol. The van der Waals surface area contributed by atoms with Crippen LogP contribution in [-0.4, -0.2) is 36.6 Å². The van der Waals surface area contributed by atoms with E-state index in [0.717, 1.165) is 6.54 Å². The highest BCUT2D eigenvalue weighted by atomic mass is 16.5. The highest BCUT2D eigenvalue weighted by Crippen LogP contribution is 2.15. The number of carbonyl (C=O) groups excluding carboxylic acids is 1. The van der Waals surface area contributed by atoms with Crippen molar-refractivity contribution in [2.24, 2.45) is 0 Å². The predicted molar refractivity (Wildman–Crippen MR) is 63.8 cm³/mol. The van der Waals surface area contributed by atoms with Gasteiger partial charge in [0.2, 0.25) is 0 Å². The van der Waals surface area contributed by atoms with Crippen LogP contribution in [0.2, 0.25) is 0 Å². The molecular formula is C12H12N2O4. The third kappa shape index (κ3) is 1.96. The summed E-state index contributed by atoms with van der Waals surface area (Å²) in [6.07, 6.45) is -0.470. The molecule has 1 aliphatic heterocycles. The summed E-state index contributed by atoms with van der Waals surface area (Å²) in [5, 5.41) is 3.10. The van der Waals surface area contributed by atoms with Gasteiger partial charge in [0.25, 0.3) is 0 Å². The summed E-state index contributed by atoms with van der Waals surface area (Å²) in [6.45, 7) is 1.79. The van der Waals surface area contributed by atoms with E-state index >= 15 is 0 Å². The molecule has 1 aromatic carbocycles. The van der Waals surface area contributed by atoms with E-state index in [-0.39, 0.29) is 5.78 Å². The highest BCUT2D eigenvalue weighted by Gasteiger charge is 2.23. The van der Waals surface area contributed by atoms with Gasteiger partial charge in [-0.2, -0.15) is 0 Å². The van der Waals surface area contributed by atoms with Crippen molar-refractivity contribution in [3.8, 4) is 0 Å². The van der Waals surface area contributed by atoms with E-state index in [9.17, 15) is 9.59 Å². The molecular weight excluding hydrogens is 236 g/mol. The number of carbonyl (C=O) groups is 1. The molecule has 6 heteroatoms. The lowest BCUT2D eigenvalue weighted by atomic mass is 10.1. The molecule has 1 saturated heterocycles. The zero-order valence-electron chi connectivity index (χ0n) is 9.56. The molecule has 1 unspecified atom stereocenters. The third-order valence-electron chi connectivity index (χ3n) is 2.93. The number of rotatable bonds is 2. The lowest BCUT2D eigenvalue weighted by molar-refractivity contribution is 0.0269. The zero-order chi connectivity index (χ0) is 12.5. The van der Waals surface area contributed by atoms with Crippen LogP contribution in [0.5, 0.6) is 0 Å². The second-order valence-corrected chi connectivity index (χ2v) is 4.15. The van der Waals surface area contributed by atoms with Crippen molar-refractivity contribution in [3.63, 3.8) is 0 Å². The van der Waals surface area contributed by atoms with Gasteiger partial charge in [0.15, 0.2) is 11.4 Å². The molecule has 2 aromatic rings. The molecule has 3 rings (SSSR count). The first-order valence-corrected chi connectivity index (χ1v) is 5.73. The first-order valence-electron chi connectivity index (χ1n) is 5.73. The van der Waals surface area contributed by atoms with E-state index < -0.39 is 11.9 Å². The smallest absolute Gasteiger partial charge is 0.408 e. The molecule has 18 heavy (non-hydrogen) atoms. The van der Waals surface area contributed by atoms with Gasteiger partial charge < -0.3 is 14.5 Å². The molecule has 2 heterocycles. The Bertz CT molecular complexity index is 637. The van der Waals surface area contributed by atoms with Crippen LogP contribution in [-0.2, 0) is 4.74 Å². The van der Waals surface area contributed by atoms with Gasteiger partial charge in [-0.15, -0.1) is 0 Å². The number of Topliss-reactive ketones (excluding diaryl/α,β-unsaturated/α-hetero) is 1. The fourth-order valence-corrected chi connectivity index (χ4v) is 2.02. The normalized spacial score (nSPS) is 20.1. The third-order valence-corrected chi connectivity index (χ3v) is 2.93. The minimum absolute atomic E-state index is 0.104. The van der Waals surface area contributed by atoms with E-state index in [0.29, 0.717) is 29.8 Å². The summed E-state index contributed by atoms with van der Waals surface area (Å²) < 4.78 is 10.3. The van der Waals surface area contributed by atoms with Gasteiger partial charge in [-0.25, -0.2) is 4.79 Å². The van der Waals surface area contributed by atoms with Crippen molar-refractivity contribution in [3.05, 3.63) is 34.3 Å². The maximum absolute atomic E-state index is 12.2. The number of nitrogens with one attached hydrogen (secondary N) is 2. The summed E-state index contributed by atoms with van der Waals surface area (Å²) in [5.41, 5.74) is 1.45. The fourth-order valence-electron chi connectivity index (χ4n) is 2.02. The highest BCUT2D eigenvalue weighted by molar-refractivity contribution is 6.01. The Morgan fingerprint density at radius 1 is 1.39 bits per heavy atom. The number of benzene rings is 1. The standard InChI is InChI=1S/C12H12N2O4/c15-11(10-6-13-3-4-17-10)7-1-2-8-9(5-7)18-12(16)14-8/h1-2,5,10,13H,3-4,6H2,(H,14,16). The van der Waals surface area contributed by atoms with Gasteiger partial charge in [0, 0.05) is 18.7 Å². The van der Waals surface area contributed by atoms with Crippen molar-refractivity contribution in [1.29, 1.82) is 0 Å². The molecule has 6 nitrogen and oxygen atoms in total. The van der Waals surface area contributed by atoms with Crippen LogP contribution >= 0.6 is 0 Å². The number of aromatic nitrogens is 1. The van der Waals surface area contributed by atoms with Crippen molar-refractivity contribution < 1.29 is 13.9 Å². The Morgan fingerprint density at radius 3 is 3.06 bits per heavy atom. The number of fused-ring (bicyclic) bond motifs is 1. The number of morpholine rings is 1. The molecule has 1 fully saturated rings. The van der Waals surface area contributed by atoms with Crippen LogP contribution in [0.4, 0.5) is 0 Å². The number of oxazole rings is 1. The fraction of sp³-hybridized carbons (Fsp3) is 0.333. The monoisotopic (exact) mass is 248 g/mol. The number of H-pyrrole nitrogens is 1. The predicted octanol–water partition coefficient (Wildman–Crippen LogP) is 0.292. The molecule has 0 radical (unpaired) electrons. The van der Waals surface area contributed by atoms with Crippen LogP contribution in [0.15, 0.2) is 27.4 Å². The number of hydrogen-bond donors (Lipinski definition) is 2. The van der Waals surface area contributed by atoms with Gasteiger partial charge in [-0.05, 0) is 18.2 Å². The van der Waals surface area contributed by atoms with Crippen LogP contribution in [0, 0.1) is 0 Å². The minimum atomic E-state index is -0.523. The number of aromatic amines is 1. The first-order chi connectivity index (χ1) is 8.74. The van der Waals surface area contributed by atoms with Gasteiger partial charge in [-0.3, -0.25) is 9.78 Å². The quantitative estimate of drug-likeness (QED) is 0.746.